The number of hydrogen-bond donors (Lipinski definition) is 0. The van der Waals surface area contributed by atoms with Crippen LogP contribution in [0.25, 0.3) is 0 Å². The zero-order chi connectivity index (χ0) is 14.6. The molecule has 0 saturated carbocycles. The van der Waals surface area contributed by atoms with Gasteiger partial charge in [-0.25, -0.2) is 0 Å². The molecule has 0 unspecified atom stereocenters. The molecule has 0 fully saturated rings. The lowest BCUT2D eigenvalue weighted by Crippen LogP contribution is -2.32. The van der Waals surface area contributed by atoms with E-state index < -0.39 is 8.07 Å². The lowest BCUT2D eigenvalue weighted by atomic mass is 10.1. The van der Waals surface area contributed by atoms with Gasteiger partial charge in [0, 0.05) is 0 Å². The fourth-order valence-electron chi connectivity index (χ4n) is 2.88. The fraction of sp³-hybridized carbons (Fsp3) is 0.889. The maximum Gasteiger partial charge on any atom is 0.0570 e. The van der Waals surface area contributed by atoms with Crippen molar-refractivity contribution in [2.75, 3.05) is 0 Å². The zero-order valence-electron chi connectivity index (χ0n) is 14.4. The highest BCUT2D eigenvalue weighted by Crippen LogP contribution is 2.31. The molecule has 0 amide bonds. The second-order valence-corrected chi connectivity index (χ2v) is 11.5. The van der Waals surface area contributed by atoms with Crippen molar-refractivity contribution in [1.82, 2.24) is 0 Å². The molecule has 0 heterocycles. The summed E-state index contributed by atoms with van der Waals surface area (Å²) in [6, 6.07) is 6.08. The van der Waals surface area contributed by atoms with E-state index in [0.717, 1.165) is 0 Å². The summed E-state index contributed by atoms with van der Waals surface area (Å²) in [4.78, 5) is 0. The molecular formula is C18H38Si. The maximum absolute atomic E-state index is 2.62. The average molecular weight is 283 g/mol. The van der Waals surface area contributed by atoms with Crippen molar-refractivity contribution >= 4 is 8.07 Å². The summed E-state index contributed by atoms with van der Waals surface area (Å²) in [7, 11) is -0.990. The minimum Gasteiger partial charge on any atom is -0.0883 e. The Labute approximate surface area is 124 Å². The molecule has 0 bridgehead atoms. The van der Waals surface area contributed by atoms with E-state index in [2.05, 4.69) is 40.7 Å². The Hall–Kier alpha value is -0.0431. The second-order valence-electron chi connectivity index (χ2n) is 6.42. The summed E-state index contributed by atoms with van der Waals surface area (Å²) in [6.45, 7) is 11.8. The molecule has 0 rings (SSSR count). The van der Waals surface area contributed by atoms with Crippen LogP contribution < -0.4 is 0 Å². The van der Waals surface area contributed by atoms with Crippen LogP contribution in [0.2, 0.25) is 24.2 Å². The molecule has 0 aliphatic rings. The van der Waals surface area contributed by atoms with Gasteiger partial charge in [-0.05, 0) is 25.8 Å². The SMILES string of the molecule is CCCCC(C)=CC[Si](CC)(CCCC)CCCC. The van der Waals surface area contributed by atoms with Gasteiger partial charge in [0.15, 0.2) is 0 Å². The summed E-state index contributed by atoms with van der Waals surface area (Å²) in [5.41, 5.74) is 1.65. The molecule has 0 aromatic carbocycles. The summed E-state index contributed by atoms with van der Waals surface area (Å²) in [6.07, 6.45) is 12.3. The Balaban J connectivity index is 4.52. The molecule has 0 aromatic heterocycles. The van der Waals surface area contributed by atoms with E-state index in [1.165, 1.54) is 57.0 Å². The van der Waals surface area contributed by atoms with Crippen molar-refractivity contribution in [3.05, 3.63) is 11.6 Å². The van der Waals surface area contributed by atoms with Gasteiger partial charge >= 0.3 is 0 Å². The van der Waals surface area contributed by atoms with E-state index in [1.54, 1.807) is 17.7 Å². The van der Waals surface area contributed by atoms with Gasteiger partial charge in [-0.3, -0.25) is 0 Å². The lowest BCUT2D eigenvalue weighted by Gasteiger charge is -2.30. The highest BCUT2D eigenvalue weighted by molar-refractivity contribution is 6.80. The summed E-state index contributed by atoms with van der Waals surface area (Å²) in [5, 5.41) is 0. The second kappa shape index (κ2) is 11.8. The van der Waals surface area contributed by atoms with Crippen LogP contribution in [-0.4, -0.2) is 8.07 Å². The summed E-state index contributed by atoms with van der Waals surface area (Å²) >= 11 is 0. The predicted molar refractivity (Wildman–Crippen MR) is 93.8 cm³/mol. The van der Waals surface area contributed by atoms with Crippen LogP contribution in [0.15, 0.2) is 11.6 Å². The fourth-order valence-corrected chi connectivity index (χ4v) is 7.52. The van der Waals surface area contributed by atoms with Crippen LogP contribution in [0.3, 0.4) is 0 Å². The largest absolute Gasteiger partial charge is 0.0883 e. The normalized spacial score (nSPS) is 13.0. The molecule has 0 saturated heterocycles. The summed E-state index contributed by atoms with van der Waals surface area (Å²) in [5.74, 6) is 0. The molecule has 0 spiro atoms. The van der Waals surface area contributed by atoms with E-state index in [-0.39, 0.29) is 0 Å². The molecule has 1 heteroatoms. The van der Waals surface area contributed by atoms with Gasteiger partial charge in [0.05, 0.1) is 8.07 Å². The average Bonchev–Trinajstić information content (AvgIpc) is 2.45. The molecule has 114 valence electrons. The van der Waals surface area contributed by atoms with Gasteiger partial charge in [0.25, 0.3) is 0 Å². The highest BCUT2D eigenvalue weighted by atomic mass is 28.3. The van der Waals surface area contributed by atoms with Crippen LogP contribution in [0.5, 0.6) is 0 Å². The van der Waals surface area contributed by atoms with E-state index in [4.69, 9.17) is 0 Å². The van der Waals surface area contributed by atoms with Crippen molar-refractivity contribution in [3.63, 3.8) is 0 Å². The molecule has 19 heavy (non-hydrogen) atoms. The zero-order valence-corrected chi connectivity index (χ0v) is 15.4. The third kappa shape index (κ3) is 8.68. The van der Waals surface area contributed by atoms with Crippen LogP contribution in [0, 0.1) is 0 Å². The third-order valence-corrected chi connectivity index (χ3v) is 10.1. The molecule has 0 aromatic rings. The van der Waals surface area contributed by atoms with Crippen LogP contribution in [0.4, 0.5) is 0 Å². The smallest absolute Gasteiger partial charge is 0.0570 e. The van der Waals surface area contributed by atoms with Crippen molar-refractivity contribution in [2.24, 2.45) is 0 Å². The Morgan fingerprint density at radius 3 is 1.79 bits per heavy atom. The Kier molecular flexibility index (Phi) is 11.7. The molecule has 0 aliphatic carbocycles. The van der Waals surface area contributed by atoms with E-state index in [1.807, 2.05) is 0 Å². The van der Waals surface area contributed by atoms with Gasteiger partial charge in [-0.2, -0.15) is 0 Å². The lowest BCUT2D eigenvalue weighted by molar-refractivity contribution is 0.784. The van der Waals surface area contributed by atoms with Gasteiger partial charge < -0.3 is 0 Å². The third-order valence-electron chi connectivity index (χ3n) is 4.68. The molecule has 0 N–H and O–H groups in total. The predicted octanol–water partition coefficient (Wildman–Crippen LogP) is 7.19. The van der Waals surface area contributed by atoms with Gasteiger partial charge in [0.2, 0.25) is 0 Å². The van der Waals surface area contributed by atoms with Crippen LogP contribution >= 0.6 is 0 Å². The maximum atomic E-state index is 2.62. The number of allylic oxidation sites excluding steroid dienone is 2. The van der Waals surface area contributed by atoms with Gasteiger partial charge in [-0.1, -0.05) is 89.6 Å². The Bertz CT molecular complexity index is 222. The topological polar surface area (TPSA) is 0 Å². The van der Waals surface area contributed by atoms with E-state index in [9.17, 15) is 0 Å². The minimum absolute atomic E-state index is 0.990. The molecule has 0 nitrogen and oxygen atoms in total. The van der Waals surface area contributed by atoms with Gasteiger partial charge in [-0.15, -0.1) is 0 Å². The number of rotatable bonds is 12. The van der Waals surface area contributed by atoms with Crippen LogP contribution in [-0.2, 0) is 0 Å². The number of unbranched alkanes of at least 4 members (excludes halogenated alkanes) is 3. The van der Waals surface area contributed by atoms with E-state index >= 15 is 0 Å². The first-order valence-electron chi connectivity index (χ1n) is 8.79. The van der Waals surface area contributed by atoms with Crippen molar-refractivity contribution in [3.8, 4) is 0 Å². The Morgan fingerprint density at radius 2 is 1.37 bits per heavy atom. The van der Waals surface area contributed by atoms with Gasteiger partial charge in [0.1, 0.15) is 0 Å². The first kappa shape index (κ1) is 19.0. The summed E-state index contributed by atoms with van der Waals surface area (Å²) < 4.78 is 0. The van der Waals surface area contributed by atoms with Crippen molar-refractivity contribution < 1.29 is 0 Å². The molecule has 0 aliphatic heterocycles. The first-order chi connectivity index (χ1) is 9.14. The molecular weight excluding hydrogens is 244 g/mol. The monoisotopic (exact) mass is 282 g/mol. The molecule has 0 radical (unpaired) electrons. The first-order valence-corrected chi connectivity index (χ1v) is 11.6. The van der Waals surface area contributed by atoms with E-state index in [0.29, 0.717) is 0 Å². The Morgan fingerprint density at radius 1 is 0.842 bits per heavy atom. The standard InChI is InChI=1S/C18H38Si/c1-6-10-13-18(5)14-17-19(9-4,15-11-7-2)16-12-8-3/h14H,6-13,15-17H2,1-5H3. The van der Waals surface area contributed by atoms with Crippen LogP contribution in [0.1, 0.15) is 79.6 Å². The quantitative estimate of drug-likeness (QED) is 0.262. The highest BCUT2D eigenvalue weighted by Gasteiger charge is 2.28. The minimum atomic E-state index is -0.990. The number of hydrogen-bond acceptors (Lipinski definition) is 0. The molecule has 0 atom stereocenters. The van der Waals surface area contributed by atoms with Crippen molar-refractivity contribution in [1.29, 1.82) is 0 Å². The van der Waals surface area contributed by atoms with Crippen molar-refractivity contribution in [2.45, 2.75) is 104 Å².